The smallest absolute Gasteiger partial charge is 0.254 e. The molecule has 3 rings (SSSR count). The van der Waals surface area contributed by atoms with Crippen molar-refractivity contribution in [2.75, 3.05) is 25.1 Å². The Hall–Kier alpha value is -2.89. The van der Waals surface area contributed by atoms with Gasteiger partial charge in [-0.3, -0.25) is 9.59 Å². The van der Waals surface area contributed by atoms with E-state index in [1.807, 2.05) is 38.1 Å². The molecule has 1 aliphatic heterocycles. The van der Waals surface area contributed by atoms with Gasteiger partial charge in [-0.15, -0.1) is 0 Å². The molecule has 0 unspecified atom stereocenters. The number of carbonyl (C=O) groups excluding carboxylic acids is 2. The number of hydrogen-bond acceptors (Lipinski definition) is 4. The van der Waals surface area contributed by atoms with Crippen LogP contribution in [0.2, 0.25) is 0 Å². The van der Waals surface area contributed by atoms with Gasteiger partial charge in [-0.2, -0.15) is 0 Å². The Balaban J connectivity index is 1.78. The molecule has 0 aliphatic carbocycles. The first-order valence-electron chi connectivity index (χ1n) is 8.17. The summed E-state index contributed by atoms with van der Waals surface area (Å²) < 4.78 is 5.07. The molecule has 1 aliphatic rings. The van der Waals surface area contributed by atoms with Gasteiger partial charge in [0.2, 0.25) is 11.8 Å². The molecular formula is C19H21N3O3. The molecular weight excluding hydrogens is 318 g/mol. The molecule has 0 spiro atoms. The number of nitrogens with zero attached hydrogens (tertiary/aromatic N) is 3. The van der Waals surface area contributed by atoms with Crippen LogP contribution in [-0.4, -0.2) is 47.9 Å². The highest BCUT2D eigenvalue weighted by Gasteiger charge is 2.33. The fraction of sp³-hybridized carbons (Fsp3) is 0.316. The van der Waals surface area contributed by atoms with Crippen molar-refractivity contribution in [3.8, 4) is 5.88 Å². The molecule has 1 fully saturated rings. The number of benzene rings is 1. The van der Waals surface area contributed by atoms with Gasteiger partial charge >= 0.3 is 0 Å². The van der Waals surface area contributed by atoms with Crippen molar-refractivity contribution in [3.63, 3.8) is 0 Å². The number of piperazine rings is 1. The average molecular weight is 339 g/mol. The van der Waals surface area contributed by atoms with Gasteiger partial charge in [0.1, 0.15) is 6.54 Å². The minimum Gasteiger partial charge on any atom is -0.481 e. The van der Waals surface area contributed by atoms with Gasteiger partial charge < -0.3 is 14.5 Å². The van der Waals surface area contributed by atoms with E-state index in [1.165, 1.54) is 13.3 Å². The lowest BCUT2D eigenvalue weighted by molar-refractivity contribution is -0.121. The van der Waals surface area contributed by atoms with Crippen molar-refractivity contribution in [2.24, 2.45) is 0 Å². The largest absolute Gasteiger partial charge is 0.481 e. The summed E-state index contributed by atoms with van der Waals surface area (Å²) in [5.74, 6) is 0.101. The summed E-state index contributed by atoms with van der Waals surface area (Å²) in [6.07, 6.45) is 1.53. The number of pyridine rings is 1. The maximum atomic E-state index is 12.8. The van der Waals surface area contributed by atoms with E-state index in [-0.39, 0.29) is 24.4 Å². The van der Waals surface area contributed by atoms with E-state index in [9.17, 15) is 9.59 Å². The highest BCUT2D eigenvalue weighted by Crippen LogP contribution is 2.22. The SMILES string of the molecule is COc1cc(C(=O)N2CC(=O)N(c3ccc(C)cc3)C[C@@H]2C)ccn1. The summed E-state index contributed by atoms with van der Waals surface area (Å²) in [7, 11) is 1.50. The standard InChI is InChI=1S/C19H21N3O3/c1-13-4-6-16(7-5-13)22-11-14(2)21(12-18(22)23)19(24)15-8-9-20-17(10-15)25-3/h4-10,14H,11-12H2,1-3H3/t14-/m0/s1. The second kappa shape index (κ2) is 6.93. The quantitative estimate of drug-likeness (QED) is 0.861. The Labute approximate surface area is 147 Å². The van der Waals surface area contributed by atoms with Gasteiger partial charge in [-0.05, 0) is 32.0 Å². The highest BCUT2D eigenvalue weighted by molar-refractivity contribution is 6.02. The average Bonchev–Trinajstić information content (AvgIpc) is 2.63. The van der Waals surface area contributed by atoms with Crippen LogP contribution in [-0.2, 0) is 4.79 Å². The van der Waals surface area contributed by atoms with Crippen molar-refractivity contribution in [3.05, 3.63) is 53.7 Å². The zero-order chi connectivity index (χ0) is 18.0. The molecule has 130 valence electrons. The van der Waals surface area contributed by atoms with Gasteiger partial charge in [-0.25, -0.2) is 4.98 Å². The number of hydrogen-bond donors (Lipinski definition) is 0. The lowest BCUT2D eigenvalue weighted by Gasteiger charge is -2.39. The van der Waals surface area contributed by atoms with Crippen LogP contribution in [0, 0.1) is 6.92 Å². The van der Waals surface area contributed by atoms with Gasteiger partial charge in [-0.1, -0.05) is 17.7 Å². The number of methoxy groups -OCH3 is 1. The normalized spacial score (nSPS) is 17.6. The first-order chi connectivity index (χ1) is 12.0. The van der Waals surface area contributed by atoms with Crippen LogP contribution in [0.3, 0.4) is 0 Å². The van der Waals surface area contributed by atoms with Crippen LogP contribution in [0.15, 0.2) is 42.6 Å². The van der Waals surface area contributed by atoms with E-state index in [0.29, 0.717) is 18.0 Å². The van der Waals surface area contributed by atoms with Crippen LogP contribution in [0.25, 0.3) is 0 Å². The summed E-state index contributed by atoms with van der Waals surface area (Å²) in [5.41, 5.74) is 2.47. The number of anilines is 1. The highest BCUT2D eigenvalue weighted by atomic mass is 16.5. The van der Waals surface area contributed by atoms with E-state index in [1.54, 1.807) is 21.9 Å². The number of amides is 2. The molecule has 2 amide bonds. The topological polar surface area (TPSA) is 62.7 Å². The molecule has 0 saturated carbocycles. The van der Waals surface area contributed by atoms with Crippen molar-refractivity contribution in [1.82, 2.24) is 9.88 Å². The maximum Gasteiger partial charge on any atom is 0.254 e. The zero-order valence-electron chi connectivity index (χ0n) is 14.6. The van der Waals surface area contributed by atoms with E-state index >= 15 is 0 Å². The molecule has 0 bridgehead atoms. The molecule has 1 aromatic heterocycles. The van der Waals surface area contributed by atoms with Gasteiger partial charge in [0.05, 0.1) is 7.11 Å². The molecule has 1 atom stereocenters. The number of rotatable bonds is 3. The number of carbonyl (C=O) groups is 2. The third kappa shape index (κ3) is 3.47. The van der Waals surface area contributed by atoms with E-state index in [4.69, 9.17) is 4.74 Å². The molecule has 2 aromatic rings. The van der Waals surface area contributed by atoms with Crippen LogP contribution in [0.4, 0.5) is 5.69 Å². The fourth-order valence-corrected chi connectivity index (χ4v) is 2.92. The predicted molar refractivity (Wildman–Crippen MR) is 94.8 cm³/mol. The van der Waals surface area contributed by atoms with Crippen LogP contribution >= 0.6 is 0 Å². The molecule has 6 nitrogen and oxygen atoms in total. The Morgan fingerprint density at radius 2 is 1.96 bits per heavy atom. The molecule has 0 radical (unpaired) electrons. The molecule has 1 aromatic carbocycles. The third-order valence-corrected chi connectivity index (χ3v) is 4.38. The van der Waals surface area contributed by atoms with Gasteiger partial charge in [0.25, 0.3) is 5.91 Å². The van der Waals surface area contributed by atoms with Crippen molar-refractivity contribution in [1.29, 1.82) is 0 Å². The Morgan fingerprint density at radius 1 is 1.24 bits per heavy atom. The third-order valence-electron chi connectivity index (χ3n) is 4.38. The van der Waals surface area contributed by atoms with Crippen LogP contribution in [0.1, 0.15) is 22.8 Å². The van der Waals surface area contributed by atoms with Crippen molar-refractivity contribution in [2.45, 2.75) is 19.9 Å². The zero-order valence-corrected chi connectivity index (χ0v) is 14.6. The number of aromatic nitrogens is 1. The lowest BCUT2D eigenvalue weighted by atomic mass is 10.1. The second-order valence-electron chi connectivity index (χ2n) is 6.21. The van der Waals surface area contributed by atoms with Crippen LogP contribution in [0.5, 0.6) is 5.88 Å². The Kier molecular flexibility index (Phi) is 4.70. The van der Waals surface area contributed by atoms with E-state index < -0.39 is 0 Å². The Bertz CT molecular complexity index is 789. The van der Waals surface area contributed by atoms with Crippen molar-refractivity contribution >= 4 is 17.5 Å². The fourth-order valence-electron chi connectivity index (χ4n) is 2.92. The predicted octanol–water partition coefficient (Wildman–Crippen LogP) is 2.28. The summed E-state index contributed by atoms with van der Waals surface area (Å²) in [6.45, 7) is 4.48. The first-order valence-corrected chi connectivity index (χ1v) is 8.17. The summed E-state index contributed by atoms with van der Waals surface area (Å²) in [5, 5.41) is 0. The summed E-state index contributed by atoms with van der Waals surface area (Å²) >= 11 is 0. The minimum atomic E-state index is -0.190. The van der Waals surface area contributed by atoms with E-state index in [0.717, 1.165) is 11.3 Å². The lowest BCUT2D eigenvalue weighted by Crippen LogP contribution is -2.57. The summed E-state index contributed by atoms with van der Waals surface area (Å²) in [6, 6.07) is 11.0. The maximum absolute atomic E-state index is 12.8. The molecule has 2 heterocycles. The summed E-state index contributed by atoms with van der Waals surface area (Å²) in [4.78, 5) is 32.7. The monoisotopic (exact) mass is 339 g/mol. The molecule has 6 heteroatoms. The van der Waals surface area contributed by atoms with Crippen molar-refractivity contribution < 1.29 is 14.3 Å². The molecule has 25 heavy (non-hydrogen) atoms. The molecule has 0 N–H and O–H groups in total. The van der Waals surface area contributed by atoms with Gasteiger partial charge in [0.15, 0.2) is 0 Å². The minimum absolute atomic E-state index is 0.0541. The van der Waals surface area contributed by atoms with Crippen LogP contribution < -0.4 is 9.64 Å². The number of ether oxygens (including phenoxy) is 1. The van der Waals surface area contributed by atoms with Gasteiger partial charge in [0, 0.05) is 36.1 Å². The first kappa shape index (κ1) is 17.0. The number of aryl methyl sites for hydroxylation is 1. The Morgan fingerprint density at radius 3 is 2.64 bits per heavy atom. The van der Waals surface area contributed by atoms with E-state index in [2.05, 4.69) is 4.98 Å². The second-order valence-corrected chi connectivity index (χ2v) is 6.21. The molecule has 1 saturated heterocycles.